The highest BCUT2D eigenvalue weighted by Crippen LogP contribution is 2.67. The molecule has 4 N–H and O–H groups in total. The van der Waals surface area contributed by atoms with Gasteiger partial charge in [0.15, 0.2) is 0 Å². The Balaban J connectivity index is 1.36. The lowest BCUT2D eigenvalue weighted by atomic mass is 9.47. The zero-order chi connectivity index (χ0) is 39.6. The van der Waals surface area contributed by atoms with Gasteiger partial charge in [0.05, 0.1) is 33.0 Å². The molecule has 5 aliphatic heterocycles. The quantitative estimate of drug-likeness (QED) is 0.216. The number of aromatic amines is 1. The lowest BCUT2D eigenvalue weighted by molar-refractivity contribution is -0.218. The van der Waals surface area contributed by atoms with E-state index in [-0.39, 0.29) is 12.0 Å². The van der Waals surface area contributed by atoms with Crippen LogP contribution in [0.25, 0.3) is 10.9 Å². The van der Waals surface area contributed by atoms with Crippen LogP contribution < -0.4 is 9.64 Å². The monoisotopic (exact) mass is 768 g/mol. The molecule has 56 heavy (non-hydrogen) atoms. The summed E-state index contributed by atoms with van der Waals surface area (Å²) >= 11 is 0. The van der Waals surface area contributed by atoms with E-state index >= 15 is 4.79 Å². The van der Waals surface area contributed by atoms with Crippen molar-refractivity contribution in [2.24, 2.45) is 11.3 Å². The largest absolute Gasteiger partial charge is 0.496 e. The van der Waals surface area contributed by atoms with Gasteiger partial charge in [-0.1, -0.05) is 44.2 Å². The van der Waals surface area contributed by atoms with Gasteiger partial charge in [0, 0.05) is 84.0 Å². The number of likely N-dealkylation sites (N-methyl/N-ethyl adjacent to an activating group) is 1. The summed E-state index contributed by atoms with van der Waals surface area (Å²) < 4.78 is 17.6. The van der Waals surface area contributed by atoms with Crippen LogP contribution >= 0.6 is 0 Å². The minimum Gasteiger partial charge on any atom is -0.496 e. The SMILES string of the molecule is CCC1(O)C[C@H]2CN(CCc3c([nH]c4ccccc34)[C@](C(=O)OC)(c3cc4c(cc3OC)N(C)[C@H]3[C@@](O)(C(=O)OC)[C@H](O)[C@]5(CC)C=CCN6CC[C@]43[C@@H]65)C2)C1. The maximum Gasteiger partial charge on any atom is 0.342 e. The van der Waals surface area contributed by atoms with Gasteiger partial charge in [0.1, 0.15) is 17.3 Å². The van der Waals surface area contributed by atoms with E-state index in [1.807, 2.05) is 62.2 Å². The summed E-state index contributed by atoms with van der Waals surface area (Å²) in [6, 6.07) is 11.1. The third-order valence-electron chi connectivity index (χ3n) is 15.4. The highest BCUT2D eigenvalue weighted by molar-refractivity contribution is 5.95. The van der Waals surface area contributed by atoms with Crippen LogP contribution in [0, 0.1) is 11.3 Å². The van der Waals surface area contributed by atoms with E-state index in [2.05, 4.69) is 26.9 Å². The minimum atomic E-state index is -2.29. The van der Waals surface area contributed by atoms with Gasteiger partial charge in [0.2, 0.25) is 5.60 Å². The van der Waals surface area contributed by atoms with Gasteiger partial charge in [-0.15, -0.1) is 0 Å². The third kappa shape index (κ3) is 4.59. The average Bonchev–Trinajstić information content (AvgIpc) is 3.87. The van der Waals surface area contributed by atoms with Crippen LogP contribution in [0.15, 0.2) is 48.6 Å². The van der Waals surface area contributed by atoms with Gasteiger partial charge < -0.3 is 39.4 Å². The number of aromatic nitrogens is 1. The lowest BCUT2D eigenvalue weighted by Gasteiger charge is -2.63. The molecule has 300 valence electrons. The smallest absolute Gasteiger partial charge is 0.342 e. The molecule has 3 fully saturated rings. The molecule has 6 heterocycles. The molecular formula is C44H56N4O8. The fraction of sp³-hybridized carbons (Fsp3) is 0.591. The molecule has 12 nitrogen and oxygen atoms in total. The standard InChI is InChI=1S/C44H56N4O8/c1-7-40(52)22-26-23-43(38(50)55-5,34-28(14-18-47(24-26)25-40)27-12-9-10-13-31(27)45-34)30-20-29-32(21-33(30)54-4)46(3)36-42(29)16-19-48-17-11-15-41(8-2,35(42)48)37(49)44(36,53)39(51)56-6/h9-13,15,20-21,26,35-37,45,49,52-53H,7-8,14,16-19,22-25H2,1-6H3/t26-,35+,36-,37-,40?,41-,42-,43-,44+/m1/s1. The van der Waals surface area contributed by atoms with Gasteiger partial charge in [-0.2, -0.15) is 0 Å². The Labute approximate surface area is 328 Å². The summed E-state index contributed by atoms with van der Waals surface area (Å²) in [5.74, 6) is -0.908. The number of ether oxygens (including phenoxy) is 3. The Kier molecular flexibility index (Phi) is 8.59. The molecule has 1 saturated carbocycles. The first-order valence-electron chi connectivity index (χ1n) is 20.3. The third-order valence-corrected chi connectivity index (χ3v) is 15.4. The first-order valence-corrected chi connectivity index (χ1v) is 20.3. The van der Waals surface area contributed by atoms with Crippen molar-refractivity contribution in [2.45, 2.75) is 92.6 Å². The molecule has 6 aliphatic rings. The van der Waals surface area contributed by atoms with Crippen LogP contribution in [0.5, 0.6) is 5.75 Å². The number of aliphatic hydroxyl groups excluding tert-OH is 1. The summed E-state index contributed by atoms with van der Waals surface area (Å²) in [7, 11) is 6.17. The van der Waals surface area contributed by atoms with Crippen LogP contribution in [-0.4, -0.2) is 133 Å². The van der Waals surface area contributed by atoms with Crippen molar-refractivity contribution in [1.82, 2.24) is 14.8 Å². The predicted octanol–water partition coefficient (Wildman–Crippen LogP) is 3.42. The number of methoxy groups -OCH3 is 3. The average molecular weight is 769 g/mol. The van der Waals surface area contributed by atoms with Crippen molar-refractivity contribution in [2.75, 3.05) is 66.0 Å². The first-order chi connectivity index (χ1) is 26.8. The number of nitrogens with zero attached hydrogens (tertiary/aromatic N) is 3. The number of anilines is 1. The van der Waals surface area contributed by atoms with E-state index < -0.39 is 51.5 Å². The summed E-state index contributed by atoms with van der Waals surface area (Å²) in [4.78, 5) is 39.7. The fourth-order valence-electron chi connectivity index (χ4n) is 13.2. The molecule has 3 aromatic rings. The van der Waals surface area contributed by atoms with Gasteiger partial charge >= 0.3 is 11.9 Å². The summed E-state index contributed by atoms with van der Waals surface area (Å²) in [5, 5.41) is 38.3. The van der Waals surface area contributed by atoms with Gasteiger partial charge in [-0.05, 0) is 74.2 Å². The normalized spacial score (nSPS) is 38.4. The van der Waals surface area contributed by atoms with Gasteiger partial charge in [-0.25, -0.2) is 4.79 Å². The highest BCUT2D eigenvalue weighted by Gasteiger charge is 2.79. The van der Waals surface area contributed by atoms with Crippen LogP contribution in [-0.2, 0) is 36.3 Å². The fourth-order valence-corrected chi connectivity index (χ4v) is 13.2. The molecule has 10 atom stereocenters. The second kappa shape index (κ2) is 12.8. The van der Waals surface area contributed by atoms with Crippen molar-refractivity contribution >= 4 is 28.5 Å². The Morgan fingerprint density at radius 2 is 1.73 bits per heavy atom. The van der Waals surface area contributed by atoms with Crippen molar-refractivity contribution in [3.8, 4) is 5.75 Å². The van der Waals surface area contributed by atoms with Crippen LogP contribution in [0.3, 0.4) is 0 Å². The number of rotatable bonds is 6. The Bertz CT molecular complexity index is 2140. The number of piperidine rings is 1. The Morgan fingerprint density at radius 1 is 0.964 bits per heavy atom. The molecule has 2 unspecified atom stereocenters. The second-order valence-electron chi connectivity index (χ2n) is 17.6. The maximum absolute atomic E-state index is 15.2. The maximum atomic E-state index is 15.2. The number of esters is 2. The van der Waals surface area contributed by atoms with Crippen molar-refractivity contribution in [3.05, 3.63) is 70.9 Å². The van der Waals surface area contributed by atoms with Crippen molar-refractivity contribution in [3.63, 3.8) is 0 Å². The number of benzene rings is 2. The van der Waals surface area contributed by atoms with Crippen molar-refractivity contribution in [1.29, 1.82) is 0 Å². The molecule has 1 aromatic heterocycles. The number of hydrogen-bond donors (Lipinski definition) is 4. The summed E-state index contributed by atoms with van der Waals surface area (Å²) in [6.07, 6.45) is 5.82. The van der Waals surface area contributed by atoms with E-state index in [0.29, 0.717) is 69.5 Å². The van der Waals surface area contributed by atoms with E-state index in [4.69, 9.17) is 14.2 Å². The molecule has 0 amide bonds. The van der Waals surface area contributed by atoms with E-state index in [0.717, 1.165) is 46.5 Å². The molecule has 1 aliphatic carbocycles. The van der Waals surface area contributed by atoms with E-state index in [9.17, 15) is 20.1 Å². The minimum absolute atomic E-state index is 0.0795. The highest BCUT2D eigenvalue weighted by atomic mass is 16.5. The lowest BCUT2D eigenvalue weighted by Crippen LogP contribution is -2.80. The topological polar surface area (TPSA) is 148 Å². The van der Waals surface area contributed by atoms with Gasteiger partial charge in [-0.3, -0.25) is 14.6 Å². The van der Waals surface area contributed by atoms with Crippen LogP contribution in [0.2, 0.25) is 0 Å². The molecular weight excluding hydrogens is 713 g/mol. The molecule has 0 radical (unpaired) electrons. The Hall–Kier alpha value is -3.94. The van der Waals surface area contributed by atoms with Gasteiger partial charge in [0.25, 0.3) is 0 Å². The molecule has 9 rings (SSSR count). The molecule has 12 heteroatoms. The number of carbonyl (C=O) groups is 2. The zero-order valence-electron chi connectivity index (χ0n) is 33.4. The van der Waals surface area contributed by atoms with E-state index in [1.54, 1.807) is 7.11 Å². The number of carbonyl (C=O) groups excluding carboxylic acids is 2. The molecule has 1 spiro atoms. The number of para-hydroxylation sites is 1. The molecule has 2 bridgehead atoms. The van der Waals surface area contributed by atoms with Crippen molar-refractivity contribution < 1.29 is 39.1 Å². The number of H-pyrrole nitrogens is 1. The second-order valence-corrected chi connectivity index (χ2v) is 17.6. The summed E-state index contributed by atoms with van der Waals surface area (Å²) in [6.45, 7) is 7.41. The molecule has 2 aromatic carbocycles. The predicted molar refractivity (Wildman–Crippen MR) is 211 cm³/mol. The summed E-state index contributed by atoms with van der Waals surface area (Å²) in [5.41, 5.74) is -1.43. The molecule has 2 saturated heterocycles. The van der Waals surface area contributed by atoms with E-state index in [1.165, 1.54) is 14.2 Å². The number of hydrogen-bond acceptors (Lipinski definition) is 11. The number of nitrogens with one attached hydrogen (secondary N) is 1. The van der Waals surface area contributed by atoms with Crippen LogP contribution in [0.1, 0.15) is 68.3 Å². The first kappa shape index (κ1) is 37.6. The van der Waals surface area contributed by atoms with Crippen LogP contribution in [0.4, 0.5) is 5.69 Å². The Morgan fingerprint density at radius 3 is 2.45 bits per heavy atom. The number of fused-ring (bicyclic) bond motifs is 6. The zero-order valence-corrected chi connectivity index (χ0v) is 33.4. The number of aliphatic hydroxyl groups is 3.